The van der Waals surface area contributed by atoms with E-state index >= 15 is 0 Å². The van der Waals surface area contributed by atoms with E-state index in [0.29, 0.717) is 11.1 Å². The minimum atomic E-state index is -0.148. The number of hydrogen-bond donors (Lipinski definition) is 2. The zero-order valence-electron chi connectivity index (χ0n) is 15.7. The first-order valence-electron chi connectivity index (χ1n) is 8.79. The molecule has 0 heterocycles. The van der Waals surface area contributed by atoms with Crippen molar-refractivity contribution < 1.29 is 9.59 Å². The molecule has 3 aromatic rings. The predicted octanol–water partition coefficient (Wildman–Crippen LogP) is 5.16. The van der Waals surface area contributed by atoms with E-state index in [1.54, 1.807) is 19.1 Å². The maximum atomic E-state index is 12.6. The normalized spacial score (nSPS) is 10.3. The molecular formula is C23H22N2O2. The largest absolute Gasteiger partial charge is 0.388 e. The Morgan fingerprint density at radius 2 is 1.33 bits per heavy atom. The topological polar surface area (TPSA) is 58.2 Å². The van der Waals surface area contributed by atoms with E-state index in [9.17, 15) is 9.59 Å². The Kier molecular flexibility index (Phi) is 5.36. The Hall–Kier alpha value is -3.40. The van der Waals surface area contributed by atoms with E-state index in [1.165, 1.54) is 0 Å². The van der Waals surface area contributed by atoms with Gasteiger partial charge in [-0.1, -0.05) is 42.5 Å². The summed E-state index contributed by atoms with van der Waals surface area (Å²) in [5.41, 5.74) is 6.02. The van der Waals surface area contributed by atoms with Crippen LogP contribution in [0.15, 0.2) is 66.7 Å². The van der Waals surface area contributed by atoms with Crippen molar-refractivity contribution >= 4 is 23.1 Å². The molecule has 0 saturated heterocycles. The second-order valence-corrected chi connectivity index (χ2v) is 6.44. The first-order chi connectivity index (χ1) is 13.0. The molecule has 4 heteroatoms. The number of amides is 1. The van der Waals surface area contributed by atoms with Gasteiger partial charge >= 0.3 is 0 Å². The van der Waals surface area contributed by atoms with Crippen LogP contribution in [-0.4, -0.2) is 18.7 Å². The molecular weight excluding hydrogens is 336 g/mol. The molecule has 136 valence electrons. The predicted molar refractivity (Wildman–Crippen MR) is 111 cm³/mol. The number of carbonyl (C=O) groups excluding carboxylic acids is 2. The highest BCUT2D eigenvalue weighted by Crippen LogP contribution is 2.23. The fourth-order valence-electron chi connectivity index (χ4n) is 2.82. The number of benzene rings is 3. The standard InChI is InChI=1S/C23H22N2O2/c1-15-4-13-21(24-3)14-22(15)25-23(27)20-11-9-19(10-12-20)18-7-5-17(6-8-18)16(2)26/h4-14,24H,1-3H3,(H,25,27). The molecule has 0 aliphatic rings. The Labute approximate surface area is 159 Å². The monoisotopic (exact) mass is 358 g/mol. The fourth-order valence-corrected chi connectivity index (χ4v) is 2.82. The SMILES string of the molecule is CNc1ccc(C)c(NC(=O)c2ccc(-c3ccc(C(C)=O)cc3)cc2)c1. The molecule has 0 aliphatic heterocycles. The summed E-state index contributed by atoms with van der Waals surface area (Å²) in [6.45, 7) is 3.51. The Balaban J connectivity index is 1.76. The minimum absolute atomic E-state index is 0.0474. The summed E-state index contributed by atoms with van der Waals surface area (Å²) >= 11 is 0. The van der Waals surface area contributed by atoms with E-state index in [2.05, 4.69) is 10.6 Å². The van der Waals surface area contributed by atoms with Gasteiger partial charge < -0.3 is 10.6 Å². The molecule has 1 amide bonds. The third-order valence-electron chi connectivity index (χ3n) is 4.55. The average molecular weight is 358 g/mol. The first-order valence-corrected chi connectivity index (χ1v) is 8.79. The molecule has 0 aliphatic carbocycles. The maximum absolute atomic E-state index is 12.6. The summed E-state index contributed by atoms with van der Waals surface area (Å²) in [6, 6.07) is 20.7. The van der Waals surface area contributed by atoms with Gasteiger partial charge in [0, 0.05) is 29.5 Å². The maximum Gasteiger partial charge on any atom is 0.255 e. The van der Waals surface area contributed by atoms with Crippen LogP contribution in [0.2, 0.25) is 0 Å². The van der Waals surface area contributed by atoms with Crippen LogP contribution in [0.25, 0.3) is 11.1 Å². The minimum Gasteiger partial charge on any atom is -0.388 e. The molecule has 0 radical (unpaired) electrons. The van der Waals surface area contributed by atoms with Crippen LogP contribution in [-0.2, 0) is 0 Å². The lowest BCUT2D eigenvalue weighted by atomic mass is 10.0. The summed E-state index contributed by atoms with van der Waals surface area (Å²) in [4.78, 5) is 23.9. The highest BCUT2D eigenvalue weighted by molar-refractivity contribution is 6.05. The van der Waals surface area contributed by atoms with Gasteiger partial charge in [-0.2, -0.15) is 0 Å². The lowest BCUT2D eigenvalue weighted by Crippen LogP contribution is -2.12. The Bertz CT molecular complexity index is 974. The van der Waals surface area contributed by atoms with Gasteiger partial charge in [0.2, 0.25) is 0 Å². The van der Waals surface area contributed by atoms with Crippen LogP contribution in [0.3, 0.4) is 0 Å². The van der Waals surface area contributed by atoms with E-state index < -0.39 is 0 Å². The van der Waals surface area contributed by atoms with E-state index in [4.69, 9.17) is 0 Å². The number of carbonyl (C=O) groups is 2. The molecule has 4 nitrogen and oxygen atoms in total. The van der Waals surface area contributed by atoms with Crippen LogP contribution >= 0.6 is 0 Å². The summed E-state index contributed by atoms with van der Waals surface area (Å²) in [6.07, 6.45) is 0. The van der Waals surface area contributed by atoms with Crippen molar-refractivity contribution in [1.29, 1.82) is 0 Å². The lowest BCUT2D eigenvalue weighted by molar-refractivity contribution is 0.101. The number of Topliss-reactive ketones (excluding diaryl/α,β-unsaturated/α-hetero) is 1. The zero-order valence-corrected chi connectivity index (χ0v) is 15.7. The molecule has 27 heavy (non-hydrogen) atoms. The van der Waals surface area contributed by atoms with Crippen molar-refractivity contribution in [1.82, 2.24) is 0 Å². The quantitative estimate of drug-likeness (QED) is 0.620. The molecule has 3 rings (SSSR count). The smallest absolute Gasteiger partial charge is 0.255 e. The van der Waals surface area contributed by atoms with Gasteiger partial charge in [-0.3, -0.25) is 9.59 Å². The number of rotatable bonds is 5. The van der Waals surface area contributed by atoms with Gasteiger partial charge in [0.05, 0.1) is 0 Å². The molecule has 0 unspecified atom stereocenters. The van der Waals surface area contributed by atoms with Crippen LogP contribution in [0.5, 0.6) is 0 Å². The lowest BCUT2D eigenvalue weighted by Gasteiger charge is -2.11. The third-order valence-corrected chi connectivity index (χ3v) is 4.55. The first kappa shape index (κ1) is 18.4. The van der Waals surface area contributed by atoms with E-state index in [0.717, 1.165) is 28.1 Å². The van der Waals surface area contributed by atoms with E-state index in [-0.39, 0.29) is 11.7 Å². The summed E-state index contributed by atoms with van der Waals surface area (Å²) in [7, 11) is 1.85. The summed E-state index contributed by atoms with van der Waals surface area (Å²) in [5.74, 6) is -0.101. The molecule has 2 N–H and O–H groups in total. The molecule has 0 bridgehead atoms. The second kappa shape index (κ2) is 7.87. The van der Waals surface area contributed by atoms with Crippen molar-refractivity contribution in [2.24, 2.45) is 0 Å². The van der Waals surface area contributed by atoms with Gasteiger partial charge in [0.15, 0.2) is 5.78 Å². The van der Waals surface area contributed by atoms with E-state index in [1.807, 2.05) is 68.6 Å². The molecule has 0 aromatic heterocycles. The molecule has 3 aromatic carbocycles. The van der Waals surface area contributed by atoms with Gasteiger partial charge in [0.25, 0.3) is 5.91 Å². The number of hydrogen-bond acceptors (Lipinski definition) is 3. The van der Waals surface area contributed by atoms with Crippen LogP contribution < -0.4 is 10.6 Å². The molecule has 0 atom stereocenters. The number of ketones is 1. The Morgan fingerprint density at radius 3 is 1.85 bits per heavy atom. The number of nitrogens with one attached hydrogen (secondary N) is 2. The molecule has 0 spiro atoms. The van der Waals surface area contributed by atoms with Gasteiger partial charge in [0.1, 0.15) is 0 Å². The second-order valence-electron chi connectivity index (χ2n) is 6.44. The van der Waals surface area contributed by atoms with Crippen LogP contribution in [0.4, 0.5) is 11.4 Å². The van der Waals surface area contributed by atoms with Crippen LogP contribution in [0.1, 0.15) is 33.2 Å². The zero-order chi connectivity index (χ0) is 19.4. The third kappa shape index (κ3) is 4.23. The van der Waals surface area contributed by atoms with Crippen molar-refractivity contribution in [2.75, 3.05) is 17.7 Å². The van der Waals surface area contributed by atoms with Gasteiger partial charge in [-0.05, 0) is 54.8 Å². The van der Waals surface area contributed by atoms with Crippen molar-refractivity contribution in [3.8, 4) is 11.1 Å². The number of aryl methyl sites for hydroxylation is 1. The van der Waals surface area contributed by atoms with Crippen molar-refractivity contribution in [3.05, 3.63) is 83.4 Å². The fraction of sp³-hybridized carbons (Fsp3) is 0.130. The highest BCUT2D eigenvalue weighted by atomic mass is 16.1. The van der Waals surface area contributed by atoms with Gasteiger partial charge in [-0.15, -0.1) is 0 Å². The molecule has 0 fully saturated rings. The van der Waals surface area contributed by atoms with Crippen LogP contribution in [0, 0.1) is 6.92 Å². The highest BCUT2D eigenvalue weighted by Gasteiger charge is 2.09. The number of anilines is 2. The summed E-state index contributed by atoms with van der Waals surface area (Å²) in [5, 5.41) is 6.04. The molecule has 0 saturated carbocycles. The van der Waals surface area contributed by atoms with Crippen molar-refractivity contribution in [2.45, 2.75) is 13.8 Å². The average Bonchev–Trinajstić information content (AvgIpc) is 2.69. The van der Waals surface area contributed by atoms with Gasteiger partial charge in [-0.25, -0.2) is 0 Å². The Morgan fingerprint density at radius 1 is 0.778 bits per heavy atom. The summed E-state index contributed by atoms with van der Waals surface area (Å²) < 4.78 is 0. The van der Waals surface area contributed by atoms with Crippen molar-refractivity contribution in [3.63, 3.8) is 0 Å².